The van der Waals surface area contributed by atoms with Crippen LogP contribution in [0.2, 0.25) is 0 Å². The molecule has 1 saturated heterocycles. The van der Waals surface area contributed by atoms with Gasteiger partial charge in [-0.25, -0.2) is 4.39 Å². The maximum Gasteiger partial charge on any atom is 0.408 e. The normalized spacial score (nSPS) is 19.4. The van der Waals surface area contributed by atoms with Gasteiger partial charge in [0.05, 0.1) is 4.47 Å². The van der Waals surface area contributed by atoms with Gasteiger partial charge in [0.15, 0.2) is 0 Å². The van der Waals surface area contributed by atoms with Gasteiger partial charge in [-0.1, -0.05) is 12.1 Å². The van der Waals surface area contributed by atoms with E-state index in [4.69, 9.17) is 0 Å². The summed E-state index contributed by atoms with van der Waals surface area (Å²) in [5.41, 5.74) is -0.0746. The van der Waals surface area contributed by atoms with Crippen molar-refractivity contribution in [3.05, 3.63) is 34.1 Å². The van der Waals surface area contributed by atoms with E-state index in [1.54, 1.807) is 0 Å². The summed E-state index contributed by atoms with van der Waals surface area (Å²) in [5, 5.41) is 3.00. The topological polar surface area (TPSA) is 15.3 Å². The molecule has 1 N–H and O–H groups in total. The molecule has 2 rings (SSSR count). The minimum absolute atomic E-state index is 0.0746. The number of alkyl halides is 3. The highest BCUT2D eigenvalue weighted by Crippen LogP contribution is 2.41. The van der Waals surface area contributed by atoms with Crippen LogP contribution < -0.4 is 5.32 Å². The molecule has 0 aromatic heterocycles. The summed E-state index contributed by atoms with van der Waals surface area (Å²) in [6.45, 7) is 1.57. The summed E-state index contributed by atoms with van der Waals surface area (Å²) in [5.74, 6) is -0.679. The van der Waals surface area contributed by atoms with E-state index in [0.717, 1.165) is 6.07 Å². The third-order valence-corrected chi connectivity index (χ3v) is 3.94. The van der Waals surface area contributed by atoms with Gasteiger partial charge >= 0.3 is 6.18 Å². The third kappa shape index (κ3) is 3.27. The zero-order valence-electron chi connectivity index (χ0n) is 9.97. The summed E-state index contributed by atoms with van der Waals surface area (Å²) in [6.07, 6.45) is -4.44. The van der Waals surface area contributed by atoms with Crippen molar-refractivity contribution in [3.8, 4) is 0 Å². The van der Waals surface area contributed by atoms with Crippen molar-refractivity contribution in [2.45, 2.75) is 12.2 Å². The third-order valence-electron chi connectivity index (χ3n) is 3.10. The van der Waals surface area contributed by atoms with Crippen LogP contribution in [-0.2, 0) is 0 Å². The van der Waals surface area contributed by atoms with Crippen LogP contribution in [0.5, 0.6) is 0 Å². The predicted octanol–water partition coefficient (Wildman–Crippen LogP) is 3.10. The van der Waals surface area contributed by atoms with Gasteiger partial charge in [-0.05, 0) is 27.6 Å². The maximum atomic E-state index is 13.4. The summed E-state index contributed by atoms with van der Waals surface area (Å²) in [7, 11) is 0. The van der Waals surface area contributed by atoms with Gasteiger partial charge in [-0.15, -0.1) is 0 Å². The molecule has 0 amide bonds. The number of hydrogen-bond donors (Lipinski definition) is 1. The molecule has 0 spiro atoms. The minimum Gasteiger partial charge on any atom is -0.314 e. The lowest BCUT2D eigenvalue weighted by Crippen LogP contribution is -2.49. The quantitative estimate of drug-likeness (QED) is 0.832. The largest absolute Gasteiger partial charge is 0.408 e. The first kappa shape index (κ1) is 14.7. The highest BCUT2D eigenvalue weighted by atomic mass is 79.9. The van der Waals surface area contributed by atoms with Crippen LogP contribution in [0.1, 0.15) is 11.6 Å². The Morgan fingerprint density at radius 3 is 2.42 bits per heavy atom. The number of hydrogen-bond acceptors (Lipinski definition) is 2. The first-order chi connectivity index (χ1) is 8.91. The lowest BCUT2D eigenvalue weighted by Gasteiger charge is -2.36. The van der Waals surface area contributed by atoms with E-state index in [1.165, 1.54) is 17.0 Å². The average Bonchev–Trinajstić information content (AvgIpc) is 2.35. The molecule has 1 fully saturated rings. The molecule has 0 saturated carbocycles. The minimum atomic E-state index is -4.44. The molecule has 7 heteroatoms. The second-order valence-electron chi connectivity index (χ2n) is 4.37. The fraction of sp³-hybridized carbons (Fsp3) is 0.500. The molecule has 1 aromatic rings. The number of nitrogens with one attached hydrogen (secondary N) is 1. The summed E-state index contributed by atoms with van der Waals surface area (Å²) >= 11 is 2.92. The van der Waals surface area contributed by atoms with Crippen LogP contribution in [0, 0.1) is 5.82 Å². The van der Waals surface area contributed by atoms with Crippen molar-refractivity contribution in [2.75, 3.05) is 26.2 Å². The van der Waals surface area contributed by atoms with E-state index < -0.39 is 18.0 Å². The molecule has 0 bridgehead atoms. The zero-order chi connectivity index (χ0) is 14.0. The lowest BCUT2D eigenvalue weighted by atomic mass is 10.0. The van der Waals surface area contributed by atoms with Crippen molar-refractivity contribution >= 4 is 15.9 Å². The second-order valence-corrected chi connectivity index (χ2v) is 5.17. The molecule has 0 radical (unpaired) electrons. The molecule has 0 aliphatic carbocycles. The number of rotatable bonds is 2. The molecule has 0 unspecified atom stereocenters. The molecule has 1 aliphatic rings. The SMILES string of the molecule is Fc1cccc([C@@H](N2CCNCC2)C(F)(F)F)c1Br. The molecule has 2 nitrogen and oxygen atoms in total. The Labute approximate surface area is 116 Å². The zero-order valence-corrected chi connectivity index (χ0v) is 11.6. The van der Waals surface area contributed by atoms with Crippen molar-refractivity contribution < 1.29 is 17.6 Å². The van der Waals surface area contributed by atoms with E-state index in [9.17, 15) is 17.6 Å². The molecular weight excluding hydrogens is 328 g/mol. The number of benzene rings is 1. The van der Waals surface area contributed by atoms with Crippen LogP contribution >= 0.6 is 15.9 Å². The molecule has 19 heavy (non-hydrogen) atoms. The van der Waals surface area contributed by atoms with Gasteiger partial charge in [0.2, 0.25) is 0 Å². The van der Waals surface area contributed by atoms with E-state index in [-0.39, 0.29) is 23.1 Å². The molecule has 1 heterocycles. The summed E-state index contributed by atoms with van der Waals surface area (Å²) in [6, 6.07) is 1.97. The Bertz CT molecular complexity index is 444. The predicted molar refractivity (Wildman–Crippen MR) is 67.3 cm³/mol. The molecule has 106 valence electrons. The van der Waals surface area contributed by atoms with E-state index in [2.05, 4.69) is 21.2 Å². The van der Waals surface area contributed by atoms with Crippen LogP contribution in [0.25, 0.3) is 0 Å². The van der Waals surface area contributed by atoms with E-state index >= 15 is 0 Å². The van der Waals surface area contributed by atoms with Crippen LogP contribution in [0.3, 0.4) is 0 Å². The highest BCUT2D eigenvalue weighted by Gasteiger charge is 2.45. The summed E-state index contributed by atoms with van der Waals surface area (Å²) < 4.78 is 53.2. The Morgan fingerprint density at radius 2 is 1.84 bits per heavy atom. The fourth-order valence-corrected chi connectivity index (χ4v) is 2.73. The Balaban J connectivity index is 2.40. The Morgan fingerprint density at radius 1 is 1.21 bits per heavy atom. The molecule has 1 atom stereocenters. The standard InChI is InChI=1S/C12H13BrF4N2/c13-10-8(2-1-3-9(10)14)11(12(15,16)17)19-6-4-18-5-7-19/h1-3,11,18H,4-7H2/t11-/m1/s1. The van der Waals surface area contributed by atoms with Crippen molar-refractivity contribution in [3.63, 3.8) is 0 Å². The molecule has 1 aliphatic heterocycles. The van der Waals surface area contributed by atoms with Gasteiger partial charge in [-0.2, -0.15) is 13.2 Å². The van der Waals surface area contributed by atoms with Gasteiger partial charge in [0.25, 0.3) is 0 Å². The van der Waals surface area contributed by atoms with Gasteiger partial charge in [0, 0.05) is 26.2 Å². The fourth-order valence-electron chi connectivity index (χ4n) is 2.25. The highest BCUT2D eigenvalue weighted by molar-refractivity contribution is 9.10. The first-order valence-corrected chi connectivity index (χ1v) is 6.66. The van der Waals surface area contributed by atoms with Gasteiger partial charge in [-0.3, -0.25) is 4.90 Å². The first-order valence-electron chi connectivity index (χ1n) is 5.86. The van der Waals surface area contributed by atoms with E-state index in [1.807, 2.05) is 0 Å². The summed E-state index contributed by atoms with van der Waals surface area (Å²) in [4.78, 5) is 1.33. The van der Waals surface area contributed by atoms with Gasteiger partial charge in [0.1, 0.15) is 11.9 Å². The average molecular weight is 341 g/mol. The van der Waals surface area contributed by atoms with E-state index in [0.29, 0.717) is 13.1 Å². The van der Waals surface area contributed by atoms with Gasteiger partial charge < -0.3 is 5.32 Å². The monoisotopic (exact) mass is 340 g/mol. The smallest absolute Gasteiger partial charge is 0.314 e. The van der Waals surface area contributed by atoms with Crippen molar-refractivity contribution in [1.82, 2.24) is 10.2 Å². The second kappa shape index (κ2) is 5.76. The number of nitrogens with zero attached hydrogens (tertiary/aromatic N) is 1. The van der Waals surface area contributed by atoms with Crippen molar-refractivity contribution in [2.24, 2.45) is 0 Å². The van der Waals surface area contributed by atoms with Crippen LogP contribution in [0.15, 0.2) is 22.7 Å². The molecular formula is C12H13BrF4N2. The number of halogens is 5. The number of piperazine rings is 1. The van der Waals surface area contributed by atoms with Crippen LogP contribution in [-0.4, -0.2) is 37.3 Å². The Kier molecular flexibility index (Phi) is 4.47. The van der Waals surface area contributed by atoms with Crippen LogP contribution in [0.4, 0.5) is 17.6 Å². The Hall–Kier alpha value is -0.660. The van der Waals surface area contributed by atoms with Crippen molar-refractivity contribution in [1.29, 1.82) is 0 Å². The maximum absolute atomic E-state index is 13.4. The lowest BCUT2D eigenvalue weighted by molar-refractivity contribution is -0.188. The molecule has 1 aromatic carbocycles.